The fraction of sp³-hybridized carbons (Fsp3) is 0.300. The molecule has 0 amide bonds. The van der Waals surface area contributed by atoms with Gasteiger partial charge in [-0.25, -0.2) is 9.18 Å². The Bertz CT molecular complexity index is 373. The number of carbonyl (C=O) groups excluding carboxylic acids is 1. The number of hydrogen-bond donors (Lipinski definition) is 2. The number of benzene rings is 1. The molecule has 1 aromatic carbocycles. The number of aliphatic hydroxyl groups is 1. The standard InChI is InChI=1S/C10H12FNO3S/c1-15-10(14)8-3-2-7(6-9(8)11)16-12-4-5-13/h2-3,6,12-13H,4-5H2,1H3. The Labute approximate surface area is 96.9 Å². The summed E-state index contributed by atoms with van der Waals surface area (Å²) in [5, 5.41) is 8.54. The van der Waals surface area contributed by atoms with Crippen molar-refractivity contribution >= 4 is 17.9 Å². The number of aliphatic hydroxyl groups excluding tert-OH is 1. The summed E-state index contributed by atoms with van der Waals surface area (Å²) in [6.07, 6.45) is 0. The van der Waals surface area contributed by atoms with Gasteiger partial charge in [0.1, 0.15) is 5.82 Å². The quantitative estimate of drug-likeness (QED) is 0.464. The molecule has 0 saturated carbocycles. The zero-order valence-electron chi connectivity index (χ0n) is 8.70. The van der Waals surface area contributed by atoms with Crippen molar-refractivity contribution in [1.82, 2.24) is 4.72 Å². The Morgan fingerprint density at radius 3 is 2.94 bits per heavy atom. The molecule has 1 rings (SSSR count). The van der Waals surface area contributed by atoms with Gasteiger partial charge in [-0.3, -0.25) is 4.72 Å². The molecule has 0 aliphatic carbocycles. The van der Waals surface area contributed by atoms with Crippen LogP contribution < -0.4 is 4.72 Å². The third-order valence-corrected chi connectivity index (χ3v) is 2.59. The van der Waals surface area contributed by atoms with Crippen molar-refractivity contribution in [3.05, 3.63) is 29.6 Å². The maximum Gasteiger partial charge on any atom is 0.340 e. The van der Waals surface area contributed by atoms with Crippen molar-refractivity contribution in [1.29, 1.82) is 0 Å². The van der Waals surface area contributed by atoms with Crippen LogP contribution in [0.2, 0.25) is 0 Å². The molecule has 1 aromatic rings. The van der Waals surface area contributed by atoms with Crippen molar-refractivity contribution in [3.63, 3.8) is 0 Å². The van der Waals surface area contributed by atoms with E-state index in [4.69, 9.17) is 5.11 Å². The maximum absolute atomic E-state index is 13.4. The third-order valence-electron chi connectivity index (χ3n) is 1.75. The third kappa shape index (κ3) is 3.48. The van der Waals surface area contributed by atoms with E-state index in [1.54, 1.807) is 6.07 Å². The van der Waals surface area contributed by atoms with E-state index in [9.17, 15) is 9.18 Å². The van der Waals surface area contributed by atoms with E-state index in [-0.39, 0.29) is 12.2 Å². The molecule has 0 unspecified atom stereocenters. The minimum absolute atomic E-state index is 0.00965. The highest BCUT2D eigenvalue weighted by Gasteiger charge is 2.12. The first-order chi connectivity index (χ1) is 7.69. The van der Waals surface area contributed by atoms with Gasteiger partial charge in [-0.2, -0.15) is 0 Å². The number of methoxy groups -OCH3 is 1. The van der Waals surface area contributed by atoms with Gasteiger partial charge in [-0.05, 0) is 30.1 Å². The van der Waals surface area contributed by atoms with Crippen molar-refractivity contribution in [3.8, 4) is 0 Å². The summed E-state index contributed by atoms with van der Waals surface area (Å²) in [5.74, 6) is -1.32. The van der Waals surface area contributed by atoms with Gasteiger partial charge in [0, 0.05) is 11.4 Å². The molecule has 0 fully saturated rings. The van der Waals surface area contributed by atoms with Crippen LogP contribution in [-0.2, 0) is 4.74 Å². The second-order valence-corrected chi connectivity index (χ2v) is 3.82. The van der Waals surface area contributed by atoms with Crippen LogP contribution in [0.15, 0.2) is 23.1 Å². The molecule has 0 radical (unpaired) electrons. The Kier molecular flexibility index (Phi) is 5.24. The van der Waals surface area contributed by atoms with Crippen LogP contribution in [0.25, 0.3) is 0 Å². The lowest BCUT2D eigenvalue weighted by molar-refractivity contribution is 0.0595. The molecule has 0 aliphatic heterocycles. The first-order valence-electron chi connectivity index (χ1n) is 4.57. The smallest absolute Gasteiger partial charge is 0.340 e. The second-order valence-electron chi connectivity index (χ2n) is 2.85. The second kappa shape index (κ2) is 6.47. The van der Waals surface area contributed by atoms with Crippen LogP contribution in [0.3, 0.4) is 0 Å². The summed E-state index contributed by atoms with van der Waals surface area (Å²) in [6, 6.07) is 4.20. The topological polar surface area (TPSA) is 58.6 Å². The number of rotatable bonds is 5. The molecule has 88 valence electrons. The van der Waals surface area contributed by atoms with Gasteiger partial charge >= 0.3 is 5.97 Å². The average molecular weight is 245 g/mol. The van der Waals surface area contributed by atoms with Gasteiger partial charge in [-0.1, -0.05) is 0 Å². The Morgan fingerprint density at radius 1 is 1.62 bits per heavy atom. The number of esters is 1. The number of ether oxygens (including phenoxy) is 1. The SMILES string of the molecule is COC(=O)c1ccc(SNCCO)cc1F. The maximum atomic E-state index is 13.4. The monoisotopic (exact) mass is 245 g/mol. The van der Waals surface area contributed by atoms with Gasteiger partial charge in [-0.15, -0.1) is 0 Å². The summed E-state index contributed by atoms with van der Waals surface area (Å²) in [7, 11) is 1.20. The summed E-state index contributed by atoms with van der Waals surface area (Å²) in [5.41, 5.74) is -0.0889. The van der Waals surface area contributed by atoms with E-state index >= 15 is 0 Å². The molecule has 0 heterocycles. The van der Waals surface area contributed by atoms with Gasteiger partial charge < -0.3 is 9.84 Å². The van der Waals surface area contributed by atoms with Crippen LogP contribution >= 0.6 is 11.9 Å². The minimum Gasteiger partial charge on any atom is -0.465 e. The summed E-state index contributed by atoms with van der Waals surface area (Å²) >= 11 is 1.19. The molecule has 0 bridgehead atoms. The lowest BCUT2D eigenvalue weighted by Gasteiger charge is -2.04. The highest BCUT2D eigenvalue weighted by molar-refractivity contribution is 7.97. The molecule has 0 atom stereocenters. The molecular weight excluding hydrogens is 233 g/mol. The van der Waals surface area contributed by atoms with Crippen molar-refractivity contribution < 1.29 is 19.0 Å². The van der Waals surface area contributed by atoms with E-state index in [0.29, 0.717) is 11.4 Å². The Balaban J connectivity index is 2.71. The van der Waals surface area contributed by atoms with Gasteiger partial charge in [0.25, 0.3) is 0 Å². The van der Waals surface area contributed by atoms with Crippen LogP contribution in [0.4, 0.5) is 4.39 Å². The number of hydrogen-bond acceptors (Lipinski definition) is 5. The van der Waals surface area contributed by atoms with Crippen LogP contribution in [-0.4, -0.2) is 31.3 Å². The van der Waals surface area contributed by atoms with Crippen molar-refractivity contribution in [2.45, 2.75) is 4.90 Å². The van der Waals surface area contributed by atoms with Crippen LogP contribution in [0.1, 0.15) is 10.4 Å². The molecule has 0 saturated heterocycles. The van der Waals surface area contributed by atoms with E-state index in [0.717, 1.165) is 0 Å². The van der Waals surface area contributed by atoms with Crippen molar-refractivity contribution in [2.24, 2.45) is 0 Å². The minimum atomic E-state index is -0.697. The highest BCUT2D eigenvalue weighted by atomic mass is 32.2. The predicted octanol–water partition coefficient (Wildman–Crippen LogP) is 1.20. The fourth-order valence-corrected chi connectivity index (χ4v) is 1.67. The van der Waals surface area contributed by atoms with Gasteiger partial charge in [0.2, 0.25) is 0 Å². The van der Waals surface area contributed by atoms with Gasteiger partial charge in [0.15, 0.2) is 0 Å². The molecule has 4 nitrogen and oxygen atoms in total. The van der Waals surface area contributed by atoms with E-state index < -0.39 is 11.8 Å². The predicted molar refractivity (Wildman–Crippen MR) is 58.7 cm³/mol. The highest BCUT2D eigenvalue weighted by Crippen LogP contribution is 2.18. The first-order valence-corrected chi connectivity index (χ1v) is 5.39. The molecule has 0 aromatic heterocycles. The fourth-order valence-electron chi connectivity index (χ4n) is 1.01. The number of halogens is 1. The van der Waals surface area contributed by atoms with E-state index in [1.807, 2.05) is 0 Å². The molecule has 2 N–H and O–H groups in total. The summed E-state index contributed by atoms with van der Waals surface area (Å²) in [4.78, 5) is 11.7. The molecule has 6 heteroatoms. The summed E-state index contributed by atoms with van der Waals surface area (Å²) < 4.78 is 20.7. The van der Waals surface area contributed by atoms with Crippen LogP contribution in [0, 0.1) is 5.82 Å². The normalized spacial score (nSPS) is 10.2. The number of nitrogens with one attached hydrogen (secondary N) is 1. The lowest BCUT2D eigenvalue weighted by Crippen LogP contribution is -2.09. The first kappa shape index (κ1) is 13.0. The molecule has 0 aliphatic rings. The summed E-state index contributed by atoms with van der Waals surface area (Å²) in [6.45, 7) is 0.417. The Hall–Kier alpha value is -1.11. The van der Waals surface area contributed by atoms with Crippen LogP contribution in [0.5, 0.6) is 0 Å². The molecule has 16 heavy (non-hydrogen) atoms. The Morgan fingerprint density at radius 2 is 2.38 bits per heavy atom. The van der Waals surface area contributed by atoms with Crippen molar-refractivity contribution in [2.75, 3.05) is 20.3 Å². The molecular formula is C10H12FNO3S. The average Bonchev–Trinajstić information content (AvgIpc) is 2.29. The van der Waals surface area contributed by atoms with Gasteiger partial charge in [0.05, 0.1) is 19.3 Å². The largest absolute Gasteiger partial charge is 0.465 e. The number of carbonyl (C=O) groups is 1. The zero-order valence-corrected chi connectivity index (χ0v) is 9.51. The molecule has 0 spiro atoms. The lowest BCUT2D eigenvalue weighted by atomic mass is 10.2. The van der Waals surface area contributed by atoms with E-state index in [2.05, 4.69) is 9.46 Å². The van der Waals surface area contributed by atoms with E-state index in [1.165, 1.54) is 31.2 Å². The zero-order chi connectivity index (χ0) is 12.0.